The molecule has 100 valence electrons. The zero-order chi connectivity index (χ0) is 14.3. The zero-order valence-corrected chi connectivity index (χ0v) is 11.7. The summed E-state index contributed by atoms with van der Waals surface area (Å²) in [6, 6.07) is 14.7. The van der Waals surface area contributed by atoms with Crippen LogP contribution in [0, 0.1) is 6.92 Å². The minimum absolute atomic E-state index is 0.138. The second kappa shape index (κ2) is 4.69. The van der Waals surface area contributed by atoms with Crippen molar-refractivity contribution >= 4 is 28.2 Å². The minimum Gasteiger partial charge on any atom is -0.385 e. The maximum atomic E-state index is 12.6. The van der Waals surface area contributed by atoms with E-state index in [1.54, 1.807) is 18.2 Å². The number of aromatic nitrogens is 1. The molecule has 0 radical (unpaired) electrons. The van der Waals surface area contributed by atoms with Crippen molar-refractivity contribution in [2.75, 3.05) is 5.73 Å². The Morgan fingerprint density at radius 3 is 2.60 bits per heavy atom. The Balaban J connectivity index is 2.36. The fourth-order valence-electron chi connectivity index (χ4n) is 2.27. The molecule has 2 N–H and O–H groups in total. The van der Waals surface area contributed by atoms with Crippen LogP contribution < -0.4 is 11.3 Å². The molecule has 0 saturated carbocycles. The summed E-state index contributed by atoms with van der Waals surface area (Å²) >= 11 is 6.13. The van der Waals surface area contributed by atoms with E-state index in [0.717, 1.165) is 10.9 Å². The largest absolute Gasteiger partial charge is 0.385 e. The molecule has 3 aromatic rings. The lowest BCUT2D eigenvalue weighted by atomic mass is 10.1. The van der Waals surface area contributed by atoms with Crippen molar-refractivity contribution in [1.82, 2.24) is 4.57 Å². The third-order valence-corrected chi connectivity index (χ3v) is 3.78. The van der Waals surface area contributed by atoms with E-state index in [4.69, 9.17) is 17.3 Å². The minimum atomic E-state index is -0.138. The first kappa shape index (κ1) is 12.8. The molecule has 3 nitrogen and oxygen atoms in total. The molecule has 20 heavy (non-hydrogen) atoms. The van der Waals surface area contributed by atoms with Gasteiger partial charge < -0.3 is 5.73 Å². The van der Waals surface area contributed by atoms with Gasteiger partial charge in [-0.1, -0.05) is 35.9 Å². The summed E-state index contributed by atoms with van der Waals surface area (Å²) in [5.41, 5.74) is 7.52. The molecule has 0 aliphatic heterocycles. The average molecular weight is 285 g/mol. The van der Waals surface area contributed by atoms with Gasteiger partial charge in [0.2, 0.25) is 0 Å². The number of halogens is 1. The summed E-state index contributed by atoms with van der Waals surface area (Å²) in [7, 11) is 0. The van der Waals surface area contributed by atoms with E-state index in [1.807, 2.05) is 37.3 Å². The number of nitrogens with two attached hydrogens (primary N) is 1. The third kappa shape index (κ3) is 1.96. The zero-order valence-electron chi connectivity index (χ0n) is 10.9. The van der Waals surface area contributed by atoms with Crippen molar-refractivity contribution in [3.05, 3.63) is 69.5 Å². The summed E-state index contributed by atoms with van der Waals surface area (Å²) in [5, 5.41) is 2.09. The highest BCUT2D eigenvalue weighted by Crippen LogP contribution is 2.22. The van der Waals surface area contributed by atoms with Gasteiger partial charge in [0.25, 0.3) is 5.56 Å². The highest BCUT2D eigenvalue weighted by molar-refractivity contribution is 6.31. The van der Waals surface area contributed by atoms with Gasteiger partial charge in [-0.05, 0) is 42.1 Å². The summed E-state index contributed by atoms with van der Waals surface area (Å²) in [5.74, 6) is 0.397. The number of nitrogen functional groups attached to an aromatic ring is 1. The molecule has 0 amide bonds. The monoisotopic (exact) mass is 284 g/mol. The van der Waals surface area contributed by atoms with Gasteiger partial charge in [-0.25, -0.2) is 0 Å². The van der Waals surface area contributed by atoms with E-state index in [1.165, 1.54) is 4.57 Å². The molecule has 0 aliphatic carbocycles. The van der Waals surface area contributed by atoms with Gasteiger partial charge in [0, 0.05) is 10.4 Å². The van der Waals surface area contributed by atoms with Crippen LogP contribution in [0.2, 0.25) is 5.02 Å². The Labute approximate surface area is 121 Å². The average Bonchev–Trinajstić information content (AvgIpc) is 2.43. The quantitative estimate of drug-likeness (QED) is 0.743. The molecule has 0 unspecified atom stereocenters. The molecule has 0 saturated heterocycles. The van der Waals surface area contributed by atoms with Crippen LogP contribution in [0.3, 0.4) is 0 Å². The fraction of sp³-hybridized carbons (Fsp3) is 0.0625. The number of aryl methyl sites for hydroxylation is 1. The first-order valence-corrected chi connectivity index (χ1v) is 6.62. The first-order chi connectivity index (χ1) is 9.58. The predicted octanol–water partition coefficient (Wildman–Crippen LogP) is 3.53. The lowest BCUT2D eigenvalue weighted by molar-refractivity contribution is 1.02. The van der Waals surface area contributed by atoms with Gasteiger partial charge in [-0.2, -0.15) is 0 Å². The van der Waals surface area contributed by atoms with Crippen LogP contribution in [0.5, 0.6) is 0 Å². The number of hydrogen-bond acceptors (Lipinski definition) is 2. The highest BCUT2D eigenvalue weighted by Gasteiger charge is 2.09. The fourth-order valence-corrected chi connectivity index (χ4v) is 2.44. The Morgan fingerprint density at radius 1 is 1.10 bits per heavy atom. The van der Waals surface area contributed by atoms with E-state index >= 15 is 0 Å². The van der Waals surface area contributed by atoms with E-state index in [0.29, 0.717) is 21.9 Å². The van der Waals surface area contributed by atoms with Crippen LogP contribution in [-0.2, 0) is 0 Å². The van der Waals surface area contributed by atoms with Crippen molar-refractivity contribution in [3.63, 3.8) is 0 Å². The van der Waals surface area contributed by atoms with Gasteiger partial charge in [0.1, 0.15) is 5.82 Å². The Hall–Kier alpha value is -2.26. The van der Waals surface area contributed by atoms with Crippen molar-refractivity contribution < 1.29 is 0 Å². The van der Waals surface area contributed by atoms with E-state index in [9.17, 15) is 4.79 Å². The molecule has 0 fully saturated rings. The third-order valence-electron chi connectivity index (χ3n) is 3.37. The molecule has 0 aliphatic rings. The first-order valence-electron chi connectivity index (χ1n) is 6.25. The topological polar surface area (TPSA) is 48.0 Å². The molecule has 1 heterocycles. The second-order valence-corrected chi connectivity index (χ2v) is 5.14. The Morgan fingerprint density at radius 2 is 1.85 bits per heavy atom. The summed E-state index contributed by atoms with van der Waals surface area (Å²) < 4.78 is 1.48. The maximum absolute atomic E-state index is 12.6. The number of rotatable bonds is 1. The number of nitrogens with zero attached hydrogens (tertiary/aromatic N) is 1. The van der Waals surface area contributed by atoms with E-state index in [2.05, 4.69) is 0 Å². The Kier molecular flexibility index (Phi) is 2.99. The lowest BCUT2D eigenvalue weighted by Gasteiger charge is -2.12. The molecular formula is C16H13ClN2O. The van der Waals surface area contributed by atoms with E-state index < -0.39 is 0 Å². The van der Waals surface area contributed by atoms with Crippen LogP contribution in [0.1, 0.15) is 5.56 Å². The van der Waals surface area contributed by atoms with Crippen LogP contribution in [0.25, 0.3) is 16.5 Å². The van der Waals surface area contributed by atoms with Crippen LogP contribution in [-0.4, -0.2) is 4.57 Å². The van der Waals surface area contributed by atoms with Crippen molar-refractivity contribution in [3.8, 4) is 5.69 Å². The summed E-state index contributed by atoms with van der Waals surface area (Å²) in [6.45, 7) is 1.92. The Bertz CT molecular complexity index is 868. The maximum Gasteiger partial charge on any atom is 0.264 e. The van der Waals surface area contributed by atoms with Crippen LogP contribution in [0.15, 0.2) is 53.3 Å². The van der Waals surface area contributed by atoms with Gasteiger partial charge in [-0.3, -0.25) is 9.36 Å². The van der Waals surface area contributed by atoms with Crippen molar-refractivity contribution in [1.29, 1.82) is 0 Å². The number of hydrogen-bond donors (Lipinski definition) is 1. The van der Waals surface area contributed by atoms with Crippen molar-refractivity contribution in [2.24, 2.45) is 0 Å². The summed E-state index contributed by atoms with van der Waals surface area (Å²) in [6.07, 6.45) is 0. The van der Waals surface area contributed by atoms with Gasteiger partial charge in [-0.15, -0.1) is 0 Å². The van der Waals surface area contributed by atoms with Crippen LogP contribution in [0.4, 0.5) is 5.82 Å². The molecule has 3 rings (SSSR count). The number of benzene rings is 2. The number of pyridine rings is 1. The van der Waals surface area contributed by atoms with Gasteiger partial charge in [0.05, 0.1) is 5.69 Å². The molecule has 2 aromatic carbocycles. The molecular weight excluding hydrogens is 272 g/mol. The standard InChI is InChI=1S/C16H13ClN2O/c1-10-6-7-12(9-14(10)17)19-15(18)8-11-4-2-3-5-13(11)16(19)20/h2-9H,18H2,1H3. The SMILES string of the molecule is Cc1ccc(-n2c(N)cc3ccccc3c2=O)cc1Cl. The van der Waals surface area contributed by atoms with Gasteiger partial charge in [0.15, 0.2) is 0 Å². The highest BCUT2D eigenvalue weighted by atomic mass is 35.5. The van der Waals surface area contributed by atoms with Crippen molar-refractivity contribution in [2.45, 2.75) is 6.92 Å². The molecule has 0 atom stereocenters. The molecule has 0 spiro atoms. The van der Waals surface area contributed by atoms with Crippen LogP contribution >= 0.6 is 11.6 Å². The second-order valence-electron chi connectivity index (χ2n) is 4.73. The molecule has 4 heteroatoms. The van der Waals surface area contributed by atoms with Gasteiger partial charge >= 0.3 is 0 Å². The molecule has 0 bridgehead atoms. The lowest BCUT2D eigenvalue weighted by Crippen LogP contribution is -2.21. The smallest absolute Gasteiger partial charge is 0.264 e. The number of fused-ring (bicyclic) bond motifs is 1. The predicted molar refractivity (Wildman–Crippen MR) is 83.7 cm³/mol. The summed E-state index contributed by atoms with van der Waals surface area (Å²) in [4.78, 5) is 12.6. The molecule has 1 aromatic heterocycles. The number of anilines is 1. The van der Waals surface area contributed by atoms with E-state index in [-0.39, 0.29) is 5.56 Å². The normalized spacial score (nSPS) is 10.9.